The fourth-order valence-electron chi connectivity index (χ4n) is 0.346. The van der Waals surface area contributed by atoms with E-state index in [0.717, 1.165) is 0 Å². The first-order chi connectivity index (χ1) is 3.81. The monoisotopic (exact) mass is 130 g/mol. The summed E-state index contributed by atoms with van der Waals surface area (Å²) < 4.78 is 0. The van der Waals surface area contributed by atoms with Crippen molar-refractivity contribution in [2.24, 2.45) is 0 Å². The molecule has 0 saturated heterocycles. The third-order valence-electron chi connectivity index (χ3n) is 1.03. The molecule has 0 spiro atoms. The minimum Gasteiger partial charge on any atom is -0.158 e. The van der Waals surface area contributed by atoms with Crippen molar-refractivity contribution in [1.82, 2.24) is 0 Å². The summed E-state index contributed by atoms with van der Waals surface area (Å²) in [5.41, 5.74) is 1.48. The van der Waals surface area contributed by atoms with Crippen molar-refractivity contribution in [2.45, 2.75) is 20.8 Å². The minimum atomic E-state index is 1.20. The molecule has 0 nitrogen and oxygen atoms in total. The van der Waals surface area contributed by atoms with Gasteiger partial charge in [-0.15, -0.1) is 0 Å². The van der Waals surface area contributed by atoms with Crippen molar-refractivity contribution in [3.05, 3.63) is 11.6 Å². The molecule has 1 heteroatoms. The van der Waals surface area contributed by atoms with Gasteiger partial charge in [-0.2, -0.15) is 11.8 Å². The summed E-state index contributed by atoms with van der Waals surface area (Å²) in [6, 6.07) is 0. The van der Waals surface area contributed by atoms with E-state index in [0.29, 0.717) is 0 Å². The predicted octanol–water partition coefficient (Wildman–Crippen LogP) is 2.71. The highest BCUT2D eigenvalue weighted by Gasteiger charge is 1.83. The number of hydrogen-bond acceptors (Lipinski definition) is 1. The van der Waals surface area contributed by atoms with E-state index in [1.165, 1.54) is 17.1 Å². The molecule has 0 radical (unpaired) electrons. The molecule has 48 valence electrons. The fourth-order valence-corrected chi connectivity index (χ4v) is 1.04. The van der Waals surface area contributed by atoms with Crippen molar-refractivity contribution in [2.75, 3.05) is 11.5 Å². The second-order valence-electron chi connectivity index (χ2n) is 1.77. The molecule has 0 bridgehead atoms. The Morgan fingerprint density at radius 3 is 2.62 bits per heavy atom. The molecule has 0 amide bonds. The Labute approximate surface area is 56.4 Å². The first kappa shape index (κ1) is 8.09. The van der Waals surface area contributed by atoms with Crippen LogP contribution >= 0.6 is 11.8 Å². The van der Waals surface area contributed by atoms with E-state index >= 15 is 0 Å². The van der Waals surface area contributed by atoms with Gasteiger partial charge in [-0.25, -0.2) is 0 Å². The summed E-state index contributed by atoms with van der Waals surface area (Å²) in [7, 11) is 0. The van der Waals surface area contributed by atoms with Crippen molar-refractivity contribution >= 4 is 11.8 Å². The largest absolute Gasteiger partial charge is 0.158 e. The third-order valence-corrected chi connectivity index (χ3v) is 2.09. The maximum Gasteiger partial charge on any atom is 0.0140 e. The van der Waals surface area contributed by atoms with Gasteiger partial charge in [0.05, 0.1) is 0 Å². The van der Waals surface area contributed by atoms with Gasteiger partial charge in [0.2, 0.25) is 0 Å². The van der Waals surface area contributed by atoms with Gasteiger partial charge in [-0.3, -0.25) is 0 Å². The van der Waals surface area contributed by atoms with Crippen molar-refractivity contribution in [1.29, 1.82) is 0 Å². The van der Waals surface area contributed by atoms with Crippen LogP contribution < -0.4 is 0 Å². The topological polar surface area (TPSA) is 0 Å². The van der Waals surface area contributed by atoms with Crippen LogP contribution in [0.5, 0.6) is 0 Å². The summed E-state index contributed by atoms with van der Waals surface area (Å²) in [6.07, 6.45) is 2.17. The zero-order valence-electron chi connectivity index (χ0n) is 5.90. The number of hydrogen-bond donors (Lipinski definition) is 0. The van der Waals surface area contributed by atoms with Crippen LogP contribution in [0.1, 0.15) is 20.8 Å². The molecule has 0 heterocycles. The molecule has 8 heavy (non-hydrogen) atoms. The Hall–Kier alpha value is 0.0900. The van der Waals surface area contributed by atoms with E-state index in [1.807, 2.05) is 11.8 Å². The van der Waals surface area contributed by atoms with E-state index in [1.54, 1.807) is 0 Å². The van der Waals surface area contributed by atoms with Gasteiger partial charge in [0.15, 0.2) is 0 Å². The lowest BCUT2D eigenvalue weighted by molar-refractivity contribution is 1.37. The smallest absolute Gasteiger partial charge is 0.0140 e. The summed E-state index contributed by atoms with van der Waals surface area (Å²) in [6.45, 7) is 6.45. The van der Waals surface area contributed by atoms with Crippen LogP contribution in [-0.2, 0) is 0 Å². The molecule has 0 aromatic rings. The molecule has 0 aromatic heterocycles. The molecule has 0 aliphatic heterocycles. The summed E-state index contributed by atoms with van der Waals surface area (Å²) in [5, 5.41) is 0. The highest BCUT2D eigenvalue weighted by atomic mass is 32.2. The maximum atomic E-state index is 2.19. The van der Waals surface area contributed by atoms with Gasteiger partial charge >= 0.3 is 0 Å². The van der Waals surface area contributed by atoms with Gasteiger partial charge in [0, 0.05) is 5.75 Å². The van der Waals surface area contributed by atoms with E-state index in [9.17, 15) is 0 Å². The molecule has 0 N–H and O–H groups in total. The fraction of sp³-hybridized carbons (Fsp3) is 0.714. The number of thioether (sulfide) groups is 1. The lowest BCUT2D eigenvalue weighted by atomic mass is 10.3. The van der Waals surface area contributed by atoms with Crippen LogP contribution in [0.4, 0.5) is 0 Å². The molecule has 0 atom stereocenters. The van der Waals surface area contributed by atoms with Gasteiger partial charge in [-0.1, -0.05) is 18.6 Å². The van der Waals surface area contributed by atoms with Crippen LogP contribution in [-0.4, -0.2) is 11.5 Å². The molecule has 0 aromatic carbocycles. The molecule has 0 unspecified atom stereocenters. The Balaban J connectivity index is 3.12. The maximum absolute atomic E-state index is 2.19. The first-order valence-corrected chi connectivity index (χ1v) is 4.16. The number of allylic oxidation sites excluding steroid dienone is 1. The highest BCUT2D eigenvalue weighted by Crippen LogP contribution is 2.04. The second-order valence-corrected chi connectivity index (χ2v) is 3.05. The lowest BCUT2D eigenvalue weighted by Gasteiger charge is -1.94. The Morgan fingerprint density at radius 1 is 1.62 bits per heavy atom. The Morgan fingerprint density at radius 2 is 2.25 bits per heavy atom. The molecule has 0 fully saturated rings. The SMILES string of the molecule is C/C=C(\C)CSCC. The summed E-state index contributed by atoms with van der Waals surface area (Å²) >= 11 is 1.97. The second kappa shape index (κ2) is 5.23. The van der Waals surface area contributed by atoms with Crippen molar-refractivity contribution in [3.8, 4) is 0 Å². The van der Waals surface area contributed by atoms with E-state index in [4.69, 9.17) is 0 Å². The number of rotatable bonds is 3. The molecule has 0 rings (SSSR count). The minimum absolute atomic E-state index is 1.20. The normalized spacial score (nSPS) is 12.1. The molecular formula is C7H14S. The van der Waals surface area contributed by atoms with Gasteiger partial charge in [0.25, 0.3) is 0 Å². The van der Waals surface area contributed by atoms with Gasteiger partial charge in [-0.05, 0) is 19.6 Å². The summed E-state index contributed by atoms with van der Waals surface area (Å²) in [5.74, 6) is 2.43. The molecule has 0 aliphatic carbocycles. The average molecular weight is 130 g/mol. The Kier molecular flexibility index (Phi) is 5.29. The van der Waals surface area contributed by atoms with Crippen molar-refractivity contribution < 1.29 is 0 Å². The molecule has 0 aliphatic rings. The van der Waals surface area contributed by atoms with Gasteiger partial charge in [0.1, 0.15) is 0 Å². The Bertz CT molecular complexity index is 74.5. The van der Waals surface area contributed by atoms with Crippen LogP contribution in [0, 0.1) is 0 Å². The average Bonchev–Trinajstić information content (AvgIpc) is 1.83. The highest BCUT2D eigenvalue weighted by molar-refractivity contribution is 7.99. The lowest BCUT2D eigenvalue weighted by Crippen LogP contribution is -1.79. The zero-order chi connectivity index (χ0) is 6.41. The standard InChI is InChI=1S/C7H14S/c1-4-7(3)6-8-5-2/h4H,5-6H2,1-3H3/b7-4+. The first-order valence-electron chi connectivity index (χ1n) is 3.00. The van der Waals surface area contributed by atoms with E-state index in [-0.39, 0.29) is 0 Å². The quantitative estimate of drug-likeness (QED) is 0.529. The van der Waals surface area contributed by atoms with Crippen LogP contribution in [0.3, 0.4) is 0 Å². The van der Waals surface area contributed by atoms with E-state index < -0.39 is 0 Å². The van der Waals surface area contributed by atoms with Crippen LogP contribution in [0.25, 0.3) is 0 Å². The molecular weight excluding hydrogens is 116 g/mol. The van der Waals surface area contributed by atoms with E-state index in [2.05, 4.69) is 26.8 Å². The summed E-state index contributed by atoms with van der Waals surface area (Å²) in [4.78, 5) is 0. The van der Waals surface area contributed by atoms with Crippen LogP contribution in [0.2, 0.25) is 0 Å². The van der Waals surface area contributed by atoms with Crippen molar-refractivity contribution in [3.63, 3.8) is 0 Å². The third kappa shape index (κ3) is 4.25. The predicted molar refractivity (Wildman–Crippen MR) is 42.4 cm³/mol. The van der Waals surface area contributed by atoms with Gasteiger partial charge < -0.3 is 0 Å². The zero-order valence-corrected chi connectivity index (χ0v) is 6.72. The van der Waals surface area contributed by atoms with Crippen LogP contribution in [0.15, 0.2) is 11.6 Å². The molecule has 0 saturated carbocycles.